The van der Waals surface area contributed by atoms with E-state index >= 15 is 0 Å². The first-order chi connectivity index (χ1) is 6.36. The zero-order valence-electron chi connectivity index (χ0n) is 8.47. The molecule has 1 fully saturated rings. The van der Waals surface area contributed by atoms with E-state index in [0.717, 1.165) is 31.4 Å². The number of rotatable bonds is 6. The van der Waals surface area contributed by atoms with Crippen molar-refractivity contribution in [3.8, 4) is 0 Å². The molecule has 1 heterocycles. The van der Waals surface area contributed by atoms with Crippen molar-refractivity contribution >= 4 is 11.6 Å². The normalized spacial score (nSPS) is 24.0. The summed E-state index contributed by atoms with van der Waals surface area (Å²) in [5.74, 6) is 1.55. The van der Waals surface area contributed by atoms with Gasteiger partial charge in [-0.1, -0.05) is 0 Å². The first kappa shape index (κ1) is 11.3. The first-order valence-electron chi connectivity index (χ1n) is 5.23. The number of nitrogens with zero attached hydrogens (tertiary/aromatic N) is 1. The van der Waals surface area contributed by atoms with Crippen molar-refractivity contribution < 1.29 is 4.74 Å². The second-order valence-electron chi connectivity index (χ2n) is 3.66. The molecule has 0 aromatic rings. The Kier molecular flexibility index (Phi) is 5.76. The molecule has 1 atom stereocenters. The number of alkyl halides is 1. The summed E-state index contributed by atoms with van der Waals surface area (Å²) in [6.07, 6.45) is 2.43. The minimum atomic E-state index is 0.730. The van der Waals surface area contributed by atoms with Gasteiger partial charge in [0.25, 0.3) is 0 Å². The van der Waals surface area contributed by atoms with Crippen LogP contribution in [0.3, 0.4) is 0 Å². The lowest BCUT2D eigenvalue weighted by Gasteiger charge is -2.14. The average molecular weight is 206 g/mol. The molecule has 0 radical (unpaired) electrons. The first-order valence-corrected chi connectivity index (χ1v) is 5.76. The lowest BCUT2D eigenvalue weighted by atomic mass is 10.2. The van der Waals surface area contributed by atoms with Crippen LogP contribution >= 0.6 is 11.6 Å². The Labute approximate surface area is 86.2 Å². The average Bonchev–Trinajstić information content (AvgIpc) is 2.60. The van der Waals surface area contributed by atoms with E-state index in [-0.39, 0.29) is 0 Å². The lowest BCUT2D eigenvalue weighted by molar-refractivity contribution is 0.135. The molecule has 0 aromatic carbocycles. The van der Waals surface area contributed by atoms with Gasteiger partial charge >= 0.3 is 0 Å². The molecule has 0 saturated carbocycles. The smallest absolute Gasteiger partial charge is 0.0478 e. The van der Waals surface area contributed by atoms with Crippen LogP contribution < -0.4 is 0 Å². The predicted octanol–water partition coefficient (Wildman–Crippen LogP) is 1.97. The zero-order valence-corrected chi connectivity index (χ0v) is 9.22. The molecule has 1 rings (SSSR count). The second kappa shape index (κ2) is 6.63. The Bertz CT molecular complexity index is 132. The van der Waals surface area contributed by atoms with Crippen molar-refractivity contribution in [2.24, 2.45) is 5.92 Å². The molecule has 0 bridgehead atoms. The Hall–Kier alpha value is 0.210. The Morgan fingerprint density at radius 2 is 2.38 bits per heavy atom. The van der Waals surface area contributed by atoms with Crippen molar-refractivity contribution in [2.75, 3.05) is 38.7 Å². The van der Waals surface area contributed by atoms with E-state index in [1.54, 1.807) is 0 Å². The summed E-state index contributed by atoms with van der Waals surface area (Å²) in [6.45, 7) is 7.37. The molecule has 0 N–H and O–H groups in total. The van der Waals surface area contributed by atoms with Crippen LogP contribution in [0.5, 0.6) is 0 Å². The van der Waals surface area contributed by atoms with Crippen LogP contribution in [0.4, 0.5) is 0 Å². The van der Waals surface area contributed by atoms with Crippen molar-refractivity contribution in [3.63, 3.8) is 0 Å². The molecule has 0 aromatic heterocycles. The third-order valence-electron chi connectivity index (χ3n) is 2.56. The van der Waals surface area contributed by atoms with Crippen molar-refractivity contribution in [3.05, 3.63) is 0 Å². The summed E-state index contributed by atoms with van der Waals surface area (Å²) < 4.78 is 5.29. The number of hydrogen-bond donors (Lipinski definition) is 0. The molecular weight excluding hydrogens is 186 g/mol. The molecule has 1 aliphatic rings. The van der Waals surface area contributed by atoms with E-state index in [4.69, 9.17) is 16.3 Å². The molecule has 1 saturated heterocycles. The summed E-state index contributed by atoms with van der Waals surface area (Å²) in [4.78, 5) is 2.49. The van der Waals surface area contributed by atoms with Gasteiger partial charge in [-0.25, -0.2) is 0 Å². The number of halogens is 1. The highest BCUT2D eigenvalue weighted by Gasteiger charge is 2.20. The van der Waals surface area contributed by atoms with Gasteiger partial charge in [-0.3, -0.25) is 0 Å². The Morgan fingerprint density at radius 3 is 3.00 bits per heavy atom. The van der Waals surface area contributed by atoms with Gasteiger partial charge in [0.2, 0.25) is 0 Å². The number of hydrogen-bond acceptors (Lipinski definition) is 2. The van der Waals surface area contributed by atoms with Gasteiger partial charge in [0.05, 0.1) is 0 Å². The van der Waals surface area contributed by atoms with E-state index in [0.29, 0.717) is 0 Å². The number of ether oxygens (including phenoxy) is 1. The maximum Gasteiger partial charge on any atom is 0.0478 e. The highest BCUT2D eigenvalue weighted by Crippen LogP contribution is 2.17. The summed E-state index contributed by atoms with van der Waals surface area (Å²) >= 11 is 5.81. The molecule has 13 heavy (non-hydrogen) atoms. The molecule has 1 aliphatic heterocycles. The molecule has 0 aliphatic carbocycles. The van der Waals surface area contributed by atoms with Crippen LogP contribution in [0.2, 0.25) is 0 Å². The van der Waals surface area contributed by atoms with Gasteiger partial charge in [0, 0.05) is 32.2 Å². The monoisotopic (exact) mass is 205 g/mol. The van der Waals surface area contributed by atoms with E-state index in [1.807, 2.05) is 6.92 Å². The topological polar surface area (TPSA) is 12.5 Å². The molecule has 78 valence electrons. The molecule has 1 unspecified atom stereocenters. The summed E-state index contributed by atoms with van der Waals surface area (Å²) in [6, 6.07) is 0. The number of likely N-dealkylation sites (tertiary alicyclic amines) is 1. The van der Waals surface area contributed by atoms with E-state index in [1.165, 1.54) is 26.1 Å². The maximum atomic E-state index is 5.81. The van der Waals surface area contributed by atoms with Crippen LogP contribution in [0.25, 0.3) is 0 Å². The highest BCUT2D eigenvalue weighted by molar-refractivity contribution is 6.18. The van der Waals surface area contributed by atoms with Gasteiger partial charge < -0.3 is 9.64 Å². The molecule has 0 spiro atoms. The minimum Gasteiger partial charge on any atom is -0.382 e. The molecule has 2 nitrogen and oxygen atoms in total. The van der Waals surface area contributed by atoms with E-state index in [9.17, 15) is 0 Å². The lowest BCUT2D eigenvalue weighted by Crippen LogP contribution is -2.23. The van der Waals surface area contributed by atoms with E-state index in [2.05, 4.69) is 4.90 Å². The van der Waals surface area contributed by atoms with Gasteiger partial charge in [-0.2, -0.15) is 0 Å². The SMILES string of the molecule is CCOCCCN1CCC(CCl)C1. The maximum absolute atomic E-state index is 5.81. The quantitative estimate of drug-likeness (QED) is 0.486. The van der Waals surface area contributed by atoms with E-state index < -0.39 is 0 Å². The van der Waals surface area contributed by atoms with Crippen molar-refractivity contribution in [1.29, 1.82) is 0 Å². The molecular formula is C10H20ClNO. The summed E-state index contributed by atoms with van der Waals surface area (Å²) in [5, 5.41) is 0. The standard InChI is InChI=1S/C10H20ClNO/c1-2-13-7-3-5-12-6-4-10(8-11)9-12/h10H,2-9H2,1H3. The third-order valence-corrected chi connectivity index (χ3v) is 2.99. The summed E-state index contributed by atoms with van der Waals surface area (Å²) in [5.41, 5.74) is 0. The fourth-order valence-electron chi connectivity index (χ4n) is 1.78. The minimum absolute atomic E-state index is 0.730. The van der Waals surface area contributed by atoms with Crippen LogP contribution in [0.1, 0.15) is 19.8 Å². The molecule has 3 heteroatoms. The predicted molar refractivity (Wildman–Crippen MR) is 56.4 cm³/mol. The largest absolute Gasteiger partial charge is 0.382 e. The van der Waals surface area contributed by atoms with Crippen molar-refractivity contribution in [1.82, 2.24) is 4.90 Å². The fraction of sp³-hybridized carbons (Fsp3) is 1.00. The molecule has 0 amide bonds. The zero-order chi connectivity index (χ0) is 9.52. The van der Waals surface area contributed by atoms with Gasteiger partial charge in [-0.15, -0.1) is 11.6 Å². The van der Waals surface area contributed by atoms with Gasteiger partial charge in [-0.05, 0) is 32.2 Å². The fourth-order valence-corrected chi connectivity index (χ4v) is 2.03. The summed E-state index contributed by atoms with van der Waals surface area (Å²) in [7, 11) is 0. The Morgan fingerprint density at radius 1 is 1.54 bits per heavy atom. The van der Waals surface area contributed by atoms with Gasteiger partial charge in [0.1, 0.15) is 0 Å². The Balaban J connectivity index is 1.97. The van der Waals surface area contributed by atoms with Gasteiger partial charge in [0.15, 0.2) is 0 Å². The van der Waals surface area contributed by atoms with Crippen molar-refractivity contribution in [2.45, 2.75) is 19.8 Å². The highest BCUT2D eigenvalue weighted by atomic mass is 35.5. The van der Waals surface area contributed by atoms with Crippen LogP contribution in [-0.4, -0.2) is 43.6 Å². The van der Waals surface area contributed by atoms with Crippen LogP contribution in [0, 0.1) is 5.92 Å². The van der Waals surface area contributed by atoms with Crippen LogP contribution in [-0.2, 0) is 4.74 Å². The van der Waals surface area contributed by atoms with Crippen LogP contribution in [0.15, 0.2) is 0 Å². The third kappa shape index (κ3) is 4.30. The second-order valence-corrected chi connectivity index (χ2v) is 3.97.